The zero-order chi connectivity index (χ0) is 26.4. The first-order valence-corrected chi connectivity index (χ1v) is 15.4. The van der Waals surface area contributed by atoms with Crippen LogP contribution in [-0.4, -0.2) is 52.6 Å². The monoisotopic (exact) mass is 523 g/mol. The third-order valence-corrected chi connectivity index (χ3v) is 12.8. The molecule has 0 bridgehead atoms. The molecule has 0 radical (unpaired) electrons. The number of ether oxygens (including phenoxy) is 1. The van der Waals surface area contributed by atoms with Crippen LogP contribution in [0.3, 0.4) is 0 Å². The third-order valence-electron chi connectivity index (χ3n) is 12.8. The summed E-state index contributed by atoms with van der Waals surface area (Å²) in [4.78, 5) is 28.9. The Morgan fingerprint density at radius 1 is 1.03 bits per heavy atom. The molecule has 208 valence electrons. The van der Waals surface area contributed by atoms with Gasteiger partial charge >= 0.3 is 5.97 Å². The van der Waals surface area contributed by atoms with Gasteiger partial charge in [0, 0.05) is 31.5 Å². The average Bonchev–Trinajstić information content (AvgIpc) is 3.54. The molecule has 12 atom stereocenters. The van der Waals surface area contributed by atoms with Crippen molar-refractivity contribution in [3.05, 3.63) is 24.2 Å². The maximum Gasteiger partial charge on any atom is 0.374 e. The Morgan fingerprint density at radius 3 is 2.66 bits per heavy atom. The van der Waals surface area contributed by atoms with E-state index in [4.69, 9.17) is 9.15 Å². The van der Waals surface area contributed by atoms with Crippen LogP contribution in [0.15, 0.2) is 22.8 Å². The molecule has 4 aliphatic carbocycles. The van der Waals surface area contributed by atoms with E-state index in [1.807, 2.05) is 0 Å². The summed E-state index contributed by atoms with van der Waals surface area (Å²) in [6.07, 6.45) is 10.2. The molecular weight excluding hydrogens is 478 g/mol. The summed E-state index contributed by atoms with van der Waals surface area (Å²) in [6.45, 7) is 9.14. The van der Waals surface area contributed by atoms with Crippen LogP contribution in [0.1, 0.15) is 89.1 Å². The Bertz CT molecular complexity index is 1080. The smallest absolute Gasteiger partial charge is 0.374 e. The average molecular weight is 524 g/mol. The Hall–Kier alpha value is -1.66. The minimum absolute atomic E-state index is 0.0141. The zero-order valence-corrected chi connectivity index (χ0v) is 23.3. The highest BCUT2D eigenvalue weighted by Crippen LogP contribution is 2.66. The van der Waals surface area contributed by atoms with Crippen molar-refractivity contribution in [2.45, 2.75) is 96.3 Å². The quantitative estimate of drug-likeness (QED) is 0.527. The van der Waals surface area contributed by atoms with E-state index in [9.17, 15) is 14.7 Å². The molecule has 0 amide bonds. The van der Waals surface area contributed by atoms with Crippen molar-refractivity contribution in [3.63, 3.8) is 0 Å². The van der Waals surface area contributed by atoms with Gasteiger partial charge in [0.2, 0.25) is 5.76 Å². The molecule has 38 heavy (non-hydrogen) atoms. The number of furan rings is 1. The van der Waals surface area contributed by atoms with Gasteiger partial charge in [-0.1, -0.05) is 13.8 Å². The minimum Gasteiger partial charge on any atom is -0.457 e. The van der Waals surface area contributed by atoms with Gasteiger partial charge in [0.25, 0.3) is 0 Å². The largest absolute Gasteiger partial charge is 0.457 e. The van der Waals surface area contributed by atoms with E-state index in [0.717, 1.165) is 38.8 Å². The second kappa shape index (κ2) is 8.92. The number of nitrogens with zero attached hydrogens (tertiary/aromatic N) is 1. The van der Waals surface area contributed by atoms with Gasteiger partial charge in [-0.3, -0.25) is 9.69 Å². The summed E-state index contributed by atoms with van der Waals surface area (Å²) in [5, 5.41) is 11.9. The Labute approximate surface area is 226 Å². The molecule has 6 aliphatic rings. The molecule has 0 aromatic carbocycles. The number of hydrogen-bond donors (Lipinski definition) is 1. The summed E-state index contributed by atoms with van der Waals surface area (Å²) in [5.74, 6) is 4.10. The maximum absolute atomic E-state index is 13.7. The van der Waals surface area contributed by atoms with E-state index < -0.39 is 11.6 Å². The van der Waals surface area contributed by atoms with Crippen LogP contribution in [0.2, 0.25) is 0 Å². The van der Waals surface area contributed by atoms with Gasteiger partial charge < -0.3 is 14.3 Å². The number of carbonyl (C=O) groups is 2. The Balaban J connectivity index is 1.11. The number of carbonyl (C=O) groups excluding carboxylic acids is 2. The van der Waals surface area contributed by atoms with Crippen molar-refractivity contribution in [1.29, 1.82) is 0 Å². The fourth-order valence-corrected chi connectivity index (χ4v) is 11.1. The van der Waals surface area contributed by atoms with Gasteiger partial charge in [-0.15, -0.1) is 0 Å². The Kier molecular flexibility index (Phi) is 5.94. The first-order valence-electron chi connectivity index (χ1n) is 15.4. The normalized spacial score (nSPS) is 50.3. The first-order chi connectivity index (χ1) is 18.2. The molecule has 0 spiro atoms. The lowest BCUT2D eigenvalue weighted by Crippen LogP contribution is -2.67. The van der Waals surface area contributed by atoms with E-state index >= 15 is 0 Å². The lowest BCUT2D eigenvalue weighted by Gasteiger charge is -2.59. The standard InChI is InChI=1S/C32H45NO5/c1-18-6-9-29-32(3,36)24-8-7-20-21(23(24)17-33(29)16-18)14-25-22(20)15-27(34)26-13-19(10-11-31(25,26)2)38-30(35)28-5-4-12-37-28/h4-5,12,18-26,29,36H,6-11,13-17H2,1-3H3. The Morgan fingerprint density at radius 2 is 1.87 bits per heavy atom. The summed E-state index contributed by atoms with van der Waals surface area (Å²) in [6, 6.07) is 3.64. The lowest BCUT2D eigenvalue weighted by molar-refractivity contribution is -0.175. The summed E-state index contributed by atoms with van der Waals surface area (Å²) in [7, 11) is 0. The van der Waals surface area contributed by atoms with Crippen LogP contribution in [0.5, 0.6) is 0 Å². The molecule has 1 N–H and O–H groups in total. The van der Waals surface area contributed by atoms with Gasteiger partial charge in [0.05, 0.1) is 11.9 Å². The van der Waals surface area contributed by atoms with Crippen LogP contribution in [0, 0.1) is 52.8 Å². The first kappa shape index (κ1) is 25.3. The van der Waals surface area contributed by atoms with Crippen LogP contribution >= 0.6 is 0 Å². The van der Waals surface area contributed by atoms with Gasteiger partial charge in [-0.05, 0) is 117 Å². The molecule has 6 nitrogen and oxygen atoms in total. The number of rotatable bonds is 2. The zero-order valence-electron chi connectivity index (χ0n) is 23.3. The fraction of sp³-hybridized carbons (Fsp3) is 0.812. The van der Waals surface area contributed by atoms with Crippen molar-refractivity contribution < 1.29 is 23.8 Å². The number of aliphatic hydroxyl groups is 1. The number of hydrogen-bond acceptors (Lipinski definition) is 6. The summed E-state index contributed by atoms with van der Waals surface area (Å²) < 4.78 is 11.0. The van der Waals surface area contributed by atoms with E-state index in [0.29, 0.717) is 66.1 Å². The van der Waals surface area contributed by atoms with E-state index in [1.165, 1.54) is 25.5 Å². The fourth-order valence-electron chi connectivity index (χ4n) is 11.1. The molecule has 6 heteroatoms. The summed E-state index contributed by atoms with van der Waals surface area (Å²) >= 11 is 0. The topological polar surface area (TPSA) is 80.0 Å². The van der Waals surface area contributed by atoms with Crippen LogP contribution in [-0.2, 0) is 9.53 Å². The van der Waals surface area contributed by atoms with Crippen LogP contribution in [0.25, 0.3) is 0 Å². The number of piperidine rings is 2. The van der Waals surface area contributed by atoms with Crippen LogP contribution < -0.4 is 0 Å². The second-order valence-electron chi connectivity index (χ2n) is 14.6. The number of Topliss-reactive ketones (excluding diaryl/α,β-unsaturated/α-hetero) is 1. The van der Waals surface area contributed by atoms with E-state index in [2.05, 4.69) is 25.7 Å². The maximum atomic E-state index is 13.7. The number of esters is 1. The highest BCUT2D eigenvalue weighted by molar-refractivity contribution is 5.86. The SMILES string of the molecule is CC1CCC2N(C1)CC1C3CC4C(CC(=O)C5CC(OC(=O)c6ccco6)CCC54C)C3CCC1C2(C)O. The molecule has 2 saturated heterocycles. The van der Waals surface area contributed by atoms with E-state index in [1.54, 1.807) is 12.1 Å². The van der Waals surface area contributed by atoms with Gasteiger partial charge in [-0.25, -0.2) is 4.79 Å². The third kappa shape index (κ3) is 3.72. The molecule has 12 unspecified atom stereocenters. The molecule has 3 heterocycles. The predicted molar refractivity (Wildman–Crippen MR) is 142 cm³/mol. The number of fused-ring (bicyclic) bond motifs is 8. The van der Waals surface area contributed by atoms with Gasteiger partial charge in [0.15, 0.2) is 0 Å². The molecule has 2 aliphatic heterocycles. The summed E-state index contributed by atoms with van der Waals surface area (Å²) in [5.41, 5.74) is -0.625. The van der Waals surface area contributed by atoms with E-state index in [-0.39, 0.29) is 23.2 Å². The second-order valence-corrected chi connectivity index (χ2v) is 14.6. The van der Waals surface area contributed by atoms with Crippen molar-refractivity contribution in [2.24, 2.45) is 52.8 Å². The molecule has 4 saturated carbocycles. The molecular formula is C32H45NO5. The molecule has 1 aromatic rings. The highest BCUT2D eigenvalue weighted by Gasteiger charge is 2.64. The molecule has 6 fully saturated rings. The lowest BCUT2D eigenvalue weighted by atomic mass is 9.51. The minimum atomic E-state index is -0.611. The number of ketones is 1. The van der Waals surface area contributed by atoms with Crippen molar-refractivity contribution >= 4 is 11.8 Å². The van der Waals surface area contributed by atoms with Crippen molar-refractivity contribution in [3.8, 4) is 0 Å². The van der Waals surface area contributed by atoms with Gasteiger partial charge in [0.1, 0.15) is 11.9 Å². The van der Waals surface area contributed by atoms with Crippen LogP contribution in [0.4, 0.5) is 0 Å². The van der Waals surface area contributed by atoms with Gasteiger partial charge in [-0.2, -0.15) is 0 Å². The van der Waals surface area contributed by atoms with Crippen molar-refractivity contribution in [1.82, 2.24) is 4.90 Å². The highest BCUT2D eigenvalue weighted by atomic mass is 16.6. The van der Waals surface area contributed by atoms with Crippen molar-refractivity contribution in [2.75, 3.05) is 13.1 Å². The molecule has 1 aromatic heterocycles. The predicted octanol–water partition coefficient (Wildman–Crippen LogP) is 5.34. The molecule has 7 rings (SSSR count).